The molecule has 2 rings (SSSR count). The van der Waals surface area contributed by atoms with Gasteiger partial charge in [0.25, 0.3) is 0 Å². The van der Waals surface area contributed by atoms with Crippen molar-refractivity contribution in [3.63, 3.8) is 0 Å². The van der Waals surface area contributed by atoms with Crippen molar-refractivity contribution in [3.8, 4) is 0 Å². The van der Waals surface area contributed by atoms with E-state index in [-0.39, 0.29) is 6.04 Å². The number of carbonyl (C=O) groups is 1. The number of amides is 2. The van der Waals surface area contributed by atoms with Crippen molar-refractivity contribution < 1.29 is 4.79 Å². The molecule has 0 aliphatic carbocycles. The van der Waals surface area contributed by atoms with E-state index in [9.17, 15) is 4.79 Å². The SMILES string of the molecule is CCCNC(C)c1c[nH]c2ccc(NC(N)=O)cc12. The number of nitrogens with one attached hydrogen (secondary N) is 3. The van der Waals surface area contributed by atoms with Crippen LogP contribution in [0.2, 0.25) is 0 Å². The number of anilines is 1. The molecule has 2 aromatic rings. The fraction of sp³-hybridized carbons (Fsp3) is 0.357. The lowest BCUT2D eigenvalue weighted by atomic mass is 10.1. The molecule has 1 aromatic carbocycles. The smallest absolute Gasteiger partial charge is 0.316 e. The minimum Gasteiger partial charge on any atom is -0.361 e. The number of benzene rings is 1. The van der Waals surface area contributed by atoms with Gasteiger partial charge in [-0.25, -0.2) is 4.79 Å². The lowest BCUT2D eigenvalue weighted by Crippen LogP contribution is -2.19. The van der Waals surface area contributed by atoms with Crippen molar-refractivity contribution >= 4 is 22.6 Å². The minimum absolute atomic E-state index is 0.262. The molecule has 0 saturated heterocycles. The highest BCUT2D eigenvalue weighted by Gasteiger charge is 2.11. The Bertz CT molecular complexity index is 576. The highest BCUT2D eigenvalue weighted by molar-refractivity contribution is 5.93. The summed E-state index contributed by atoms with van der Waals surface area (Å²) in [6.45, 7) is 5.25. The molecule has 102 valence electrons. The van der Waals surface area contributed by atoms with Gasteiger partial charge in [0, 0.05) is 28.8 Å². The molecule has 0 fully saturated rings. The van der Waals surface area contributed by atoms with E-state index in [0.29, 0.717) is 5.69 Å². The molecule has 2 amide bonds. The van der Waals surface area contributed by atoms with Gasteiger partial charge < -0.3 is 21.4 Å². The predicted octanol–water partition coefficient (Wildman–Crippen LogP) is 2.72. The van der Waals surface area contributed by atoms with E-state index in [4.69, 9.17) is 5.73 Å². The van der Waals surface area contributed by atoms with Gasteiger partial charge in [-0.05, 0) is 43.7 Å². The first-order valence-corrected chi connectivity index (χ1v) is 6.52. The van der Waals surface area contributed by atoms with E-state index >= 15 is 0 Å². The molecule has 19 heavy (non-hydrogen) atoms. The maximum Gasteiger partial charge on any atom is 0.316 e. The lowest BCUT2D eigenvalue weighted by Gasteiger charge is -2.12. The summed E-state index contributed by atoms with van der Waals surface area (Å²) in [4.78, 5) is 14.1. The number of H-pyrrole nitrogens is 1. The van der Waals surface area contributed by atoms with E-state index in [1.54, 1.807) is 0 Å². The molecule has 5 nitrogen and oxygen atoms in total. The summed E-state index contributed by atoms with van der Waals surface area (Å²) in [6.07, 6.45) is 3.10. The molecule has 5 heteroatoms. The zero-order chi connectivity index (χ0) is 13.8. The van der Waals surface area contributed by atoms with Crippen LogP contribution in [0.4, 0.5) is 10.5 Å². The monoisotopic (exact) mass is 260 g/mol. The lowest BCUT2D eigenvalue weighted by molar-refractivity contribution is 0.259. The van der Waals surface area contributed by atoms with Crippen LogP contribution in [0, 0.1) is 0 Å². The molecule has 1 unspecified atom stereocenters. The second kappa shape index (κ2) is 5.75. The van der Waals surface area contributed by atoms with Crippen LogP contribution < -0.4 is 16.4 Å². The average Bonchev–Trinajstić information content (AvgIpc) is 2.78. The van der Waals surface area contributed by atoms with Crippen LogP contribution in [0.25, 0.3) is 10.9 Å². The highest BCUT2D eigenvalue weighted by Crippen LogP contribution is 2.26. The van der Waals surface area contributed by atoms with Crippen molar-refractivity contribution in [3.05, 3.63) is 30.0 Å². The Hall–Kier alpha value is -2.01. The van der Waals surface area contributed by atoms with Gasteiger partial charge in [-0.1, -0.05) is 6.92 Å². The Morgan fingerprint density at radius 1 is 1.47 bits per heavy atom. The topological polar surface area (TPSA) is 82.9 Å². The first-order chi connectivity index (χ1) is 9.11. The molecule has 1 atom stereocenters. The number of urea groups is 1. The summed E-state index contributed by atoms with van der Waals surface area (Å²) in [5, 5.41) is 7.16. The Labute approximate surface area is 112 Å². The number of fused-ring (bicyclic) bond motifs is 1. The van der Waals surface area contributed by atoms with Gasteiger partial charge in [-0.2, -0.15) is 0 Å². The highest BCUT2D eigenvalue weighted by atomic mass is 16.2. The molecule has 1 aromatic heterocycles. The predicted molar refractivity (Wildman–Crippen MR) is 78.2 cm³/mol. The first-order valence-electron chi connectivity index (χ1n) is 6.52. The van der Waals surface area contributed by atoms with Crippen LogP contribution in [0.1, 0.15) is 31.9 Å². The summed E-state index contributed by atoms with van der Waals surface area (Å²) < 4.78 is 0. The maximum absolute atomic E-state index is 10.9. The molecule has 0 spiro atoms. The molecule has 0 saturated carbocycles. The fourth-order valence-corrected chi connectivity index (χ4v) is 2.19. The quantitative estimate of drug-likeness (QED) is 0.666. The van der Waals surface area contributed by atoms with E-state index in [0.717, 1.165) is 23.9 Å². The molecule has 0 bridgehead atoms. The van der Waals surface area contributed by atoms with Crippen molar-refractivity contribution in [2.75, 3.05) is 11.9 Å². The van der Waals surface area contributed by atoms with Crippen LogP contribution in [-0.2, 0) is 0 Å². The Morgan fingerprint density at radius 2 is 2.26 bits per heavy atom. The third kappa shape index (κ3) is 3.06. The Morgan fingerprint density at radius 3 is 2.95 bits per heavy atom. The fourth-order valence-electron chi connectivity index (χ4n) is 2.19. The van der Waals surface area contributed by atoms with Crippen LogP contribution in [0.5, 0.6) is 0 Å². The third-order valence-corrected chi connectivity index (χ3v) is 3.15. The number of hydrogen-bond acceptors (Lipinski definition) is 2. The Balaban J connectivity index is 2.31. The first kappa shape index (κ1) is 13.4. The molecular formula is C14H20N4O. The van der Waals surface area contributed by atoms with Crippen LogP contribution in [0.3, 0.4) is 0 Å². The van der Waals surface area contributed by atoms with Gasteiger partial charge in [0.1, 0.15) is 0 Å². The number of aromatic amines is 1. The van der Waals surface area contributed by atoms with Crippen molar-refractivity contribution in [2.24, 2.45) is 5.73 Å². The summed E-state index contributed by atoms with van der Waals surface area (Å²) in [7, 11) is 0. The van der Waals surface area contributed by atoms with Crippen molar-refractivity contribution in [2.45, 2.75) is 26.3 Å². The molecular weight excluding hydrogens is 240 g/mol. The van der Waals surface area contributed by atoms with E-state index < -0.39 is 6.03 Å². The average molecular weight is 260 g/mol. The number of aromatic nitrogens is 1. The van der Waals surface area contributed by atoms with Crippen molar-refractivity contribution in [1.29, 1.82) is 0 Å². The number of primary amides is 1. The van der Waals surface area contributed by atoms with E-state index in [2.05, 4.69) is 29.5 Å². The number of hydrogen-bond donors (Lipinski definition) is 4. The standard InChI is InChI=1S/C14H20N4O/c1-3-6-16-9(2)12-8-17-13-5-4-10(7-11(12)13)18-14(15)19/h4-5,7-9,16-17H,3,6H2,1-2H3,(H3,15,18,19). The molecule has 1 heterocycles. The van der Waals surface area contributed by atoms with Gasteiger partial charge in [-0.15, -0.1) is 0 Å². The molecule has 0 radical (unpaired) electrons. The number of rotatable bonds is 5. The van der Waals surface area contributed by atoms with Crippen molar-refractivity contribution in [1.82, 2.24) is 10.3 Å². The van der Waals surface area contributed by atoms with E-state index in [1.165, 1.54) is 5.56 Å². The third-order valence-electron chi connectivity index (χ3n) is 3.15. The summed E-state index contributed by atoms with van der Waals surface area (Å²) >= 11 is 0. The summed E-state index contributed by atoms with van der Waals surface area (Å²) in [5.41, 5.74) is 8.09. The number of nitrogens with two attached hydrogens (primary N) is 1. The second-order valence-corrected chi connectivity index (χ2v) is 4.67. The second-order valence-electron chi connectivity index (χ2n) is 4.67. The van der Waals surface area contributed by atoms with E-state index in [1.807, 2.05) is 24.4 Å². The zero-order valence-electron chi connectivity index (χ0n) is 11.3. The zero-order valence-corrected chi connectivity index (χ0v) is 11.3. The number of carbonyl (C=O) groups excluding carboxylic acids is 1. The molecule has 5 N–H and O–H groups in total. The normalized spacial score (nSPS) is 12.5. The van der Waals surface area contributed by atoms with Gasteiger partial charge >= 0.3 is 6.03 Å². The maximum atomic E-state index is 10.9. The van der Waals surface area contributed by atoms with Crippen LogP contribution >= 0.6 is 0 Å². The van der Waals surface area contributed by atoms with Gasteiger partial charge in [0.2, 0.25) is 0 Å². The molecule has 0 aliphatic heterocycles. The minimum atomic E-state index is -0.548. The van der Waals surface area contributed by atoms with Gasteiger partial charge in [-0.3, -0.25) is 0 Å². The Kier molecular flexibility index (Phi) is 4.06. The summed E-state index contributed by atoms with van der Waals surface area (Å²) in [6, 6.07) is 5.43. The van der Waals surface area contributed by atoms with Gasteiger partial charge in [0.05, 0.1) is 0 Å². The largest absolute Gasteiger partial charge is 0.361 e. The van der Waals surface area contributed by atoms with Crippen LogP contribution in [-0.4, -0.2) is 17.6 Å². The summed E-state index contributed by atoms with van der Waals surface area (Å²) in [5.74, 6) is 0. The van der Waals surface area contributed by atoms with Crippen LogP contribution in [0.15, 0.2) is 24.4 Å². The van der Waals surface area contributed by atoms with Gasteiger partial charge in [0.15, 0.2) is 0 Å². The molecule has 0 aliphatic rings.